The summed E-state index contributed by atoms with van der Waals surface area (Å²) >= 11 is 2.34. The molecule has 0 amide bonds. The van der Waals surface area contributed by atoms with Crippen molar-refractivity contribution in [3.8, 4) is 28.0 Å². The van der Waals surface area contributed by atoms with Crippen LogP contribution in [-0.4, -0.2) is 6.61 Å². The summed E-state index contributed by atoms with van der Waals surface area (Å²) in [5.74, 6) is 0.983. The van der Waals surface area contributed by atoms with Crippen molar-refractivity contribution in [2.45, 2.75) is 32.6 Å². The Hall–Kier alpha value is -1.81. The van der Waals surface area contributed by atoms with Gasteiger partial charge in [-0.05, 0) is 88.4 Å². The van der Waals surface area contributed by atoms with Crippen molar-refractivity contribution in [1.82, 2.24) is 0 Å². The molecule has 27 heavy (non-hydrogen) atoms. The molecule has 2 heteroatoms. The highest BCUT2D eigenvalue weighted by atomic mass is 127. The first-order valence-corrected chi connectivity index (χ1v) is 10.8. The number of benzene rings is 3. The van der Waals surface area contributed by atoms with Crippen molar-refractivity contribution in [2.24, 2.45) is 5.41 Å². The lowest BCUT2D eigenvalue weighted by molar-refractivity contribution is 0.224. The van der Waals surface area contributed by atoms with Crippen LogP contribution in [0.2, 0.25) is 0 Å². The van der Waals surface area contributed by atoms with E-state index in [1.165, 1.54) is 51.5 Å². The van der Waals surface area contributed by atoms with E-state index in [9.17, 15) is 0 Å². The Morgan fingerprint density at radius 3 is 1.63 bits per heavy atom. The minimum atomic E-state index is 0.471. The first-order valence-electron chi connectivity index (χ1n) is 9.77. The Kier molecular flexibility index (Phi) is 5.53. The van der Waals surface area contributed by atoms with E-state index in [2.05, 4.69) is 102 Å². The highest BCUT2D eigenvalue weighted by Gasteiger charge is 2.42. The third-order valence-corrected chi connectivity index (χ3v) is 6.25. The van der Waals surface area contributed by atoms with Gasteiger partial charge in [-0.2, -0.15) is 0 Å². The van der Waals surface area contributed by atoms with Gasteiger partial charge in [-0.1, -0.05) is 61.9 Å². The molecule has 4 rings (SSSR count). The first kappa shape index (κ1) is 18.5. The summed E-state index contributed by atoms with van der Waals surface area (Å²) in [7, 11) is 0. The molecule has 1 saturated carbocycles. The second kappa shape index (κ2) is 8.05. The zero-order valence-corrected chi connectivity index (χ0v) is 17.9. The van der Waals surface area contributed by atoms with Crippen LogP contribution in [0.3, 0.4) is 0 Å². The number of rotatable bonds is 7. The van der Waals surface area contributed by atoms with Gasteiger partial charge in [-0.25, -0.2) is 0 Å². The molecule has 0 atom stereocenters. The van der Waals surface area contributed by atoms with Gasteiger partial charge in [0.2, 0.25) is 0 Å². The van der Waals surface area contributed by atoms with E-state index in [1.807, 2.05) is 0 Å². The molecule has 1 aliphatic carbocycles. The Balaban J connectivity index is 1.42. The zero-order chi connectivity index (χ0) is 18.7. The van der Waals surface area contributed by atoms with Gasteiger partial charge in [-0.15, -0.1) is 0 Å². The summed E-state index contributed by atoms with van der Waals surface area (Å²) in [6, 6.07) is 26.0. The Morgan fingerprint density at radius 2 is 1.19 bits per heavy atom. The number of ether oxygens (including phenoxy) is 1. The normalized spacial score (nSPS) is 14.7. The van der Waals surface area contributed by atoms with E-state index < -0.39 is 0 Å². The third-order valence-electron chi connectivity index (χ3n) is 5.53. The molecule has 3 aromatic carbocycles. The number of hydrogen-bond acceptors (Lipinski definition) is 1. The standard InChI is InChI=1S/C25H25IO/c1-2-15-25(16-17-25)18-27-24-13-9-22(10-14-24)20-5-3-19(4-6-20)21-7-11-23(26)12-8-21/h3-14H,2,15-18H2,1H3. The molecular weight excluding hydrogens is 443 g/mol. The van der Waals surface area contributed by atoms with Crippen molar-refractivity contribution in [3.63, 3.8) is 0 Å². The topological polar surface area (TPSA) is 9.23 Å². The predicted molar refractivity (Wildman–Crippen MR) is 122 cm³/mol. The fourth-order valence-corrected chi connectivity index (χ4v) is 4.01. The predicted octanol–water partition coefficient (Wildman–Crippen LogP) is 7.58. The average molecular weight is 468 g/mol. The molecule has 1 nitrogen and oxygen atoms in total. The minimum absolute atomic E-state index is 0.471. The van der Waals surface area contributed by atoms with Gasteiger partial charge in [0.25, 0.3) is 0 Å². The largest absolute Gasteiger partial charge is 0.493 e. The molecule has 138 valence electrons. The Morgan fingerprint density at radius 1 is 0.741 bits per heavy atom. The molecule has 3 aromatic rings. The molecular formula is C25H25IO. The minimum Gasteiger partial charge on any atom is -0.493 e. The summed E-state index contributed by atoms with van der Waals surface area (Å²) in [5, 5.41) is 0. The first-order chi connectivity index (χ1) is 13.2. The molecule has 1 fully saturated rings. The van der Waals surface area contributed by atoms with E-state index in [4.69, 9.17) is 4.74 Å². The maximum atomic E-state index is 6.06. The van der Waals surface area contributed by atoms with Gasteiger partial charge in [0.05, 0.1) is 6.61 Å². The molecule has 0 aliphatic heterocycles. The summed E-state index contributed by atoms with van der Waals surface area (Å²) in [4.78, 5) is 0. The zero-order valence-electron chi connectivity index (χ0n) is 15.7. The van der Waals surface area contributed by atoms with Crippen LogP contribution < -0.4 is 4.74 Å². The lowest BCUT2D eigenvalue weighted by Gasteiger charge is -2.15. The van der Waals surface area contributed by atoms with Crippen molar-refractivity contribution < 1.29 is 4.74 Å². The quantitative estimate of drug-likeness (QED) is 0.325. The molecule has 0 bridgehead atoms. The highest BCUT2D eigenvalue weighted by Crippen LogP contribution is 2.49. The average Bonchev–Trinajstić information content (AvgIpc) is 3.48. The summed E-state index contributed by atoms with van der Waals surface area (Å²) in [6.45, 7) is 3.13. The maximum Gasteiger partial charge on any atom is 0.119 e. The summed E-state index contributed by atoms with van der Waals surface area (Å²) in [5.41, 5.74) is 5.44. The molecule has 0 N–H and O–H groups in total. The van der Waals surface area contributed by atoms with Gasteiger partial charge >= 0.3 is 0 Å². The van der Waals surface area contributed by atoms with Gasteiger partial charge < -0.3 is 4.74 Å². The van der Waals surface area contributed by atoms with Gasteiger partial charge in [-0.3, -0.25) is 0 Å². The second-order valence-electron chi connectivity index (χ2n) is 7.65. The van der Waals surface area contributed by atoms with Crippen LogP contribution in [0.4, 0.5) is 0 Å². The van der Waals surface area contributed by atoms with Crippen LogP contribution in [0.25, 0.3) is 22.3 Å². The van der Waals surface area contributed by atoms with E-state index in [0.717, 1.165) is 12.4 Å². The molecule has 0 unspecified atom stereocenters. The monoisotopic (exact) mass is 468 g/mol. The van der Waals surface area contributed by atoms with Crippen LogP contribution in [-0.2, 0) is 0 Å². The van der Waals surface area contributed by atoms with Crippen LogP contribution in [0.5, 0.6) is 5.75 Å². The lowest BCUT2D eigenvalue weighted by Crippen LogP contribution is -2.12. The maximum absolute atomic E-state index is 6.06. The van der Waals surface area contributed by atoms with Crippen molar-refractivity contribution in [3.05, 3.63) is 76.4 Å². The summed E-state index contributed by atoms with van der Waals surface area (Å²) < 4.78 is 7.32. The fraction of sp³-hybridized carbons (Fsp3) is 0.280. The summed E-state index contributed by atoms with van der Waals surface area (Å²) in [6.07, 6.45) is 5.19. The Bertz CT molecular complexity index is 875. The van der Waals surface area contributed by atoms with E-state index >= 15 is 0 Å². The van der Waals surface area contributed by atoms with Crippen LogP contribution >= 0.6 is 22.6 Å². The molecule has 1 aliphatic rings. The third kappa shape index (κ3) is 4.55. The van der Waals surface area contributed by atoms with Gasteiger partial charge in [0.15, 0.2) is 0 Å². The molecule has 0 aromatic heterocycles. The lowest BCUT2D eigenvalue weighted by atomic mass is 10.0. The van der Waals surface area contributed by atoms with E-state index in [1.54, 1.807) is 0 Å². The van der Waals surface area contributed by atoms with Crippen molar-refractivity contribution in [1.29, 1.82) is 0 Å². The van der Waals surface area contributed by atoms with Crippen LogP contribution in [0.1, 0.15) is 32.6 Å². The van der Waals surface area contributed by atoms with Gasteiger partial charge in [0.1, 0.15) is 5.75 Å². The Labute approximate surface area is 175 Å². The van der Waals surface area contributed by atoms with E-state index in [0.29, 0.717) is 5.41 Å². The van der Waals surface area contributed by atoms with Gasteiger partial charge in [0, 0.05) is 8.99 Å². The molecule has 0 heterocycles. The number of halogens is 1. The molecule has 0 saturated heterocycles. The molecule has 0 radical (unpaired) electrons. The smallest absolute Gasteiger partial charge is 0.119 e. The SMILES string of the molecule is CCCC1(COc2ccc(-c3ccc(-c4ccc(I)cc4)cc3)cc2)CC1. The van der Waals surface area contributed by atoms with Crippen LogP contribution in [0, 0.1) is 8.99 Å². The molecule has 0 spiro atoms. The van der Waals surface area contributed by atoms with E-state index in [-0.39, 0.29) is 0 Å². The number of hydrogen-bond donors (Lipinski definition) is 0. The van der Waals surface area contributed by atoms with Crippen molar-refractivity contribution >= 4 is 22.6 Å². The second-order valence-corrected chi connectivity index (χ2v) is 8.89. The fourth-order valence-electron chi connectivity index (χ4n) is 3.65. The van der Waals surface area contributed by atoms with Crippen LogP contribution in [0.15, 0.2) is 72.8 Å². The highest BCUT2D eigenvalue weighted by molar-refractivity contribution is 14.1. The van der Waals surface area contributed by atoms with Crippen molar-refractivity contribution in [2.75, 3.05) is 6.61 Å².